The molecule has 2 rings (SSSR count). The molecule has 0 radical (unpaired) electrons. The topological polar surface area (TPSA) is 157 Å². The number of aliphatic hydroxyl groups is 2. The number of aliphatic hydroxyl groups excluding tert-OH is 2. The van der Waals surface area contributed by atoms with Gasteiger partial charge in [-0.1, -0.05) is 0 Å². The zero-order valence-electron chi connectivity index (χ0n) is 11.9. The third-order valence-electron chi connectivity index (χ3n) is 3.37. The molecule has 4 atom stereocenters. The Labute approximate surface area is 134 Å². The largest absolute Gasteiger partial charge is 0.480 e. The van der Waals surface area contributed by atoms with E-state index in [0.29, 0.717) is 11.9 Å². The van der Waals surface area contributed by atoms with Crippen molar-refractivity contribution in [2.45, 2.75) is 30.9 Å². The van der Waals surface area contributed by atoms with Crippen LogP contribution in [-0.2, 0) is 9.53 Å². The number of carbonyl (C=O) groups is 1. The molecule has 0 spiro atoms. The van der Waals surface area contributed by atoms with Gasteiger partial charge in [0.1, 0.15) is 18.4 Å². The van der Waals surface area contributed by atoms with Gasteiger partial charge < -0.3 is 25.8 Å². The molecule has 11 heteroatoms. The summed E-state index contributed by atoms with van der Waals surface area (Å²) in [7, 11) is 0. The average molecular weight is 347 g/mol. The summed E-state index contributed by atoms with van der Waals surface area (Å²) in [5, 5.41) is 27.5. The molecule has 2 heterocycles. The van der Waals surface area contributed by atoms with Gasteiger partial charge in [0, 0.05) is 24.4 Å². The highest BCUT2D eigenvalue weighted by Gasteiger charge is 2.35. The maximum atomic E-state index is 12.4. The van der Waals surface area contributed by atoms with Crippen molar-refractivity contribution in [1.29, 1.82) is 0 Å². The van der Waals surface area contributed by atoms with E-state index in [1.165, 1.54) is 6.20 Å². The minimum atomic E-state index is -1.24. The van der Waals surface area contributed by atoms with Gasteiger partial charge in [-0.3, -0.25) is 14.2 Å². The number of ether oxygens (including phenoxy) is 1. The average Bonchev–Trinajstić information content (AvgIpc) is 2.87. The van der Waals surface area contributed by atoms with E-state index in [4.69, 9.17) is 20.7 Å². The van der Waals surface area contributed by atoms with Crippen molar-refractivity contribution in [2.24, 2.45) is 5.73 Å². The van der Waals surface area contributed by atoms with Gasteiger partial charge in [0.2, 0.25) is 0 Å². The fourth-order valence-electron chi connectivity index (χ4n) is 2.09. The van der Waals surface area contributed by atoms with E-state index in [1.54, 1.807) is 0 Å². The van der Waals surface area contributed by atoms with E-state index in [-0.39, 0.29) is 12.2 Å². The molecule has 1 fully saturated rings. The Morgan fingerprint density at radius 2 is 2.22 bits per heavy atom. The normalized spacial score (nSPS) is 25.4. The highest BCUT2D eigenvalue weighted by atomic mass is 32.2. The smallest absolute Gasteiger partial charge is 0.343 e. The summed E-state index contributed by atoms with van der Waals surface area (Å²) in [5.41, 5.74) is 4.00. The zero-order chi connectivity index (χ0) is 17.1. The molecule has 5 N–H and O–H groups in total. The van der Waals surface area contributed by atoms with Crippen LogP contribution >= 0.6 is 11.9 Å². The second-order valence-electron chi connectivity index (χ2n) is 4.99. The fraction of sp³-hybridized carbons (Fsp3) is 0.583. The molecule has 1 saturated heterocycles. The molecule has 2 unspecified atom stereocenters. The monoisotopic (exact) mass is 347 g/mol. The molecule has 0 bridgehead atoms. The lowest BCUT2D eigenvalue weighted by Crippen LogP contribution is -2.40. The maximum absolute atomic E-state index is 12.4. The summed E-state index contributed by atoms with van der Waals surface area (Å²) < 4.78 is 7.26. The van der Waals surface area contributed by atoms with E-state index in [0.717, 1.165) is 14.6 Å². The first-order chi connectivity index (χ1) is 10.8. The Kier molecular flexibility index (Phi) is 5.59. The van der Waals surface area contributed by atoms with Crippen molar-refractivity contribution in [2.75, 3.05) is 12.4 Å². The minimum absolute atomic E-state index is 0.0860. The lowest BCUT2D eigenvalue weighted by atomic mass is 10.2. The van der Waals surface area contributed by atoms with Crippen LogP contribution in [0.3, 0.4) is 0 Å². The predicted molar refractivity (Wildman–Crippen MR) is 80.0 cm³/mol. The van der Waals surface area contributed by atoms with Crippen molar-refractivity contribution < 1.29 is 24.9 Å². The molecule has 1 aromatic rings. The Morgan fingerprint density at radius 3 is 2.78 bits per heavy atom. The first-order valence-corrected chi connectivity index (χ1v) is 7.69. The van der Waals surface area contributed by atoms with Crippen LogP contribution < -0.4 is 17.0 Å². The fourth-order valence-corrected chi connectivity index (χ4v) is 2.93. The number of hydrogen-bond donors (Lipinski definition) is 4. The van der Waals surface area contributed by atoms with Crippen molar-refractivity contribution in [1.82, 2.24) is 8.54 Å². The number of aromatic nitrogens is 2. The van der Waals surface area contributed by atoms with Gasteiger partial charge >= 0.3 is 11.7 Å². The van der Waals surface area contributed by atoms with Gasteiger partial charge in [-0.15, -0.1) is 0 Å². The molecule has 23 heavy (non-hydrogen) atoms. The first kappa shape index (κ1) is 17.7. The van der Waals surface area contributed by atoms with E-state index in [1.807, 2.05) is 0 Å². The minimum Gasteiger partial charge on any atom is -0.480 e. The summed E-state index contributed by atoms with van der Waals surface area (Å²) in [5.74, 6) is -1.41. The van der Waals surface area contributed by atoms with Gasteiger partial charge in [0.05, 0.1) is 12.7 Å². The van der Waals surface area contributed by atoms with Crippen LogP contribution in [-0.4, -0.2) is 60.4 Å². The Hall–Kier alpha value is -1.66. The van der Waals surface area contributed by atoms with Gasteiger partial charge in [0.25, 0.3) is 5.56 Å². The van der Waals surface area contributed by atoms with E-state index in [9.17, 15) is 19.5 Å². The van der Waals surface area contributed by atoms with Crippen LogP contribution in [0.25, 0.3) is 0 Å². The molecule has 1 aliphatic rings. The van der Waals surface area contributed by atoms with Gasteiger partial charge in [0.15, 0.2) is 0 Å². The number of carboxylic acid groups (broad SMARTS) is 1. The molecule has 0 aliphatic carbocycles. The summed E-state index contributed by atoms with van der Waals surface area (Å²) in [4.78, 5) is 34.8. The number of hydrogen-bond acceptors (Lipinski definition) is 8. The van der Waals surface area contributed by atoms with Crippen LogP contribution in [0.2, 0.25) is 0 Å². The van der Waals surface area contributed by atoms with Crippen molar-refractivity contribution in [3.63, 3.8) is 0 Å². The number of nitrogens with zero attached hydrogens (tertiary/aromatic N) is 2. The Morgan fingerprint density at radius 1 is 1.52 bits per heavy atom. The lowest BCUT2D eigenvalue weighted by Gasteiger charge is -2.16. The summed E-state index contributed by atoms with van der Waals surface area (Å²) in [6.07, 6.45) is -1.24. The van der Waals surface area contributed by atoms with E-state index >= 15 is 0 Å². The third-order valence-corrected chi connectivity index (χ3v) is 4.47. The van der Waals surface area contributed by atoms with Crippen LogP contribution in [0.1, 0.15) is 12.6 Å². The Balaban J connectivity index is 2.24. The Bertz CT molecular complexity index is 688. The molecular weight excluding hydrogens is 330 g/mol. The number of nitrogens with two attached hydrogens (primary N) is 1. The summed E-state index contributed by atoms with van der Waals surface area (Å²) >= 11 is 0.688. The molecule has 1 aliphatic heterocycles. The highest BCUT2D eigenvalue weighted by molar-refractivity contribution is 7.97. The second kappa shape index (κ2) is 7.27. The molecule has 1 aromatic heterocycles. The van der Waals surface area contributed by atoms with Crippen molar-refractivity contribution in [3.05, 3.63) is 33.1 Å². The van der Waals surface area contributed by atoms with Crippen LogP contribution in [0.5, 0.6) is 0 Å². The van der Waals surface area contributed by atoms with E-state index < -0.39 is 48.3 Å². The zero-order valence-corrected chi connectivity index (χ0v) is 12.8. The standard InChI is InChI=1S/C12H17N3O7S/c13-6(11(19)20)5-23-15-9(18)1-2-14(12(15)21)10-3-7(17)8(4-16)22-10/h1-2,6-8,10,16-17H,3-5,13H2,(H,19,20)/t6?,7-,8+,10?/m0/s1. The maximum Gasteiger partial charge on any atom is 0.343 e. The number of aliphatic carboxylic acids is 1. The van der Waals surface area contributed by atoms with Gasteiger partial charge in [-0.2, -0.15) is 0 Å². The number of carboxylic acids is 1. The second-order valence-corrected chi connectivity index (χ2v) is 5.95. The first-order valence-electron chi connectivity index (χ1n) is 6.75. The summed E-state index contributed by atoms with van der Waals surface area (Å²) in [6, 6.07) is -0.0915. The summed E-state index contributed by atoms with van der Waals surface area (Å²) in [6.45, 7) is -0.395. The third kappa shape index (κ3) is 3.82. The molecular formula is C12H17N3O7S. The SMILES string of the molecule is NC(CSn1c(=O)ccn(C2C[C@H](O)[C@@H](CO)O2)c1=O)C(=O)O. The molecule has 128 valence electrons. The molecule has 0 saturated carbocycles. The van der Waals surface area contributed by atoms with Gasteiger partial charge in [-0.05, 0) is 11.9 Å². The van der Waals surface area contributed by atoms with Crippen molar-refractivity contribution in [3.8, 4) is 0 Å². The van der Waals surface area contributed by atoms with Crippen molar-refractivity contribution >= 4 is 17.9 Å². The molecule has 0 amide bonds. The quantitative estimate of drug-likeness (QED) is 0.439. The number of rotatable bonds is 6. The lowest BCUT2D eigenvalue weighted by molar-refractivity contribution is -0.137. The van der Waals surface area contributed by atoms with Crippen LogP contribution in [0, 0.1) is 0 Å². The molecule has 10 nitrogen and oxygen atoms in total. The predicted octanol–water partition coefficient (Wildman–Crippen LogP) is -2.44. The van der Waals surface area contributed by atoms with Crippen LogP contribution in [0.15, 0.2) is 21.9 Å². The van der Waals surface area contributed by atoms with Gasteiger partial charge in [-0.25, -0.2) is 8.77 Å². The molecule has 0 aromatic carbocycles. The van der Waals surface area contributed by atoms with E-state index in [2.05, 4.69) is 0 Å². The highest BCUT2D eigenvalue weighted by Crippen LogP contribution is 2.27. The van der Waals surface area contributed by atoms with Crippen LogP contribution in [0.4, 0.5) is 0 Å².